The number of rotatable bonds is 7. The Morgan fingerprint density at radius 3 is 2.78 bits per heavy atom. The maximum absolute atomic E-state index is 13.2. The van der Waals surface area contributed by atoms with Crippen LogP contribution in [-0.2, 0) is 0 Å². The van der Waals surface area contributed by atoms with Crippen LogP contribution in [0.25, 0.3) is 15.3 Å². The summed E-state index contributed by atoms with van der Waals surface area (Å²) in [6.07, 6.45) is 8.81. The average molecular weight is 520 g/mol. The van der Waals surface area contributed by atoms with Crippen molar-refractivity contribution in [1.82, 2.24) is 29.8 Å². The van der Waals surface area contributed by atoms with Crippen LogP contribution in [0.15, 0.2) is 47.8 Å². The highest BCUT2D eigenvalue weighted by atomic mass is 32.1. The lowest BCUT2D eigenvalue weighted by molar-refractivity contribution is 0.0938. The van der Waals surface area contributed by atoms with Crippen molar-refractivity contribution in [3.8, 4) is 10.4 Å². The Balaban J connectivity index is 1.28. The van der Waals surface area contributed by atoms with Gasteiger partial charge in [0.1, 0.15) is 4.83 Å². The Morgan fingerprint density at radius 1 is 1.22 bits per heavy atom. The zero-order valence-corrected chi connectivity index (χ0v) is 21.8. The topological polar surface area (TPSA) is 124 Å². The summed E-state index contributed by atoms with van der Waals surface area (Å²) < 4.78 is 1.64. The number of hydrogen-bond acceptors (Lipinski definition) is 7. The van der Waals surface area contributed by atoms with E-state index >= 15 is 0 Å². The molecule has 11 heteroatoms. The summed E-state index contributed by atoms with van der Waals surface area (Å²) in [6, 6.07) is 4.83. The smallest absolute Gasteiger partial charge is 0.260 e. The Morgan fingerprint density at radius 2 is 2.05 bits per heavy atom. The number of aromatic nitrogens is 4. The summed E-state index contributed by atoms with van der Waals surface area (Å²) in [5.74, 6) is -0.569. The molecule has 5 heterocycles. The van der Waals surface area contributed by atoms with E-state index in [-0.39, 0.29) is 22.9 Å². The number of aryl methyl sites for hydroxylation is 1. The lowest BCUT2D eigenvalue weighted by atomic mass is 10.0. The average Bonchev–Trinajstić information content (AvgIpc) is 3.55. The van der Waals surface area contributed by atoms with Gasteiger partial charge in [-0.2, -0.15) is 5.10 Å². The van der Waals surface area contributed by atoms with Crippen LogP contribution in [0.3, 0.4) is 0 Å². The fraction of sp³-hybridized carbons (Fsp3) is 0.346. The molecule has 0 spiro atoms. The molecule has 0 aromatic carbocycles. The molecule has 4 aromatic heterocycles. The van der Waals surface area contributed by atoms with Gasteiger partial charge in [0.25, 0.3) is 11.8 Å². The maximum atomic E-state index is 13.2. The number of carbonyl (C=O) groups is 2. The van der Waals surface area contributed by atoms with Crippen LogP contribution in [0.4, 0.5) is 5.69 Å². The summed E-state index contributed by atoms with van der Waals surface area (Å²) in [6.45, 7) is 8.62. The molecule has 1 aliphatic rings. The van der Waals surface area contributed by atoms with Crippen LogP contribution in [0, 0.1) is 6.92 Å². The van der Waals surface area contributed by atoms with Crippen LogP contribution < -0.4 is 16.2 Å². The first-order valence-corrected chi connectivity index (χ1v) is 13.0. The van der Waals surface area contributed by atoms with Gasteiger partial charge in [-0.05, 0) is 52.3 Å². The molecule has 0 bridgehead atoms. The van der Waals surface area contributed by atoms with Crippen LogP contribution in [0.1, 0.15) is 53.1 Å². The monoisotopic (exact) mass is 519 g/mol. The van der Waals surface area contributed by atoms with Gasteiger partial charge in [-0.1, -0.05) is 0 Å². The van der Waals surface area contributed by atoms with Gasteiger partial charge in [0.15, 0.2) is 0 Å². The van der Waals surface area contributed by atoms with Crippen molar-refractivity contribution in [3.05, 3.63) is 70.2 Å². The first-order chi connectivity index (χ1) is 17.7. The first kappa shape index (κ1) is 24.8. The largest absolute Gasteiger partial charge is 0.351 e. The lowest BCUT2D eigenvalue weighted by Gasteiger charge is -2.31. The molecule has 0 atom stereocenters. The molecule has 1 fully saturated rings. The molecule has 1 saturated heterocycles. The second-order valence-electron chi connectivity index (χ2n) is 9.82. The van der Waals surface area contributed by atoms with Crippen LogP contribution in [-0.4, -0.2) is 61.5 Å². The summed E-state index contributed by atoms with van der Waals surface area (Å²) in [5.41, 5.74) is 2.67. The third-order valence-electron chi connectivity index (χ3n) is 6.85. The second-order valence-corrected chi connectivity index (χ2v) is 10.8. The minimum absolute atomic E-state index is 0.163. The van der Waals surface area contributed by atoms with Crippen molar-refractivity contribution in [2.75, 3.05) is 25.0 Å². The predicted octanol–water partition coefficient (Wildman–Crippen LogP) is 3.31. The normalized spacial score (nSPS) is 15.2. The SMILES string of the molecule is Cc1ncc(C(=O)NCCN2CCCC2(C)C)cc1NC(=O)c1cnn2cc(-c3ccc(=O)[nH]c3)sc12. The molecule has 10 nitrogen and oxygen atoms in total. The van der Waals surface area contributed by atoms with Gasteiger partial charge in [0.2, 0.25) is 5.56 Å². The molecule has 1 aliphatic heterocycles. The Labute approximate surface area is 217 Å². The lowest BCUT2D eigenvalue weighted by Crippen LogP contribution is -2.43. The van der Waals surface area contributed by atoms with Gasteiger partial charge >= 0.3 is 0 Å². The number of carbonyl (C=O) groups excluding carboxylic acids is 2. The molecule has 0 aliphatic carbocycles. The van der Waals surface area contributed by atoms with Crippen molar-refractivity contribution in [2.24, 2.45) is 0 Å². The van der Waals surface area contributed by atoms with Crippen molar-refractivity contribution in [1.29, 1.82) is 0 Å². The van der Waals surface area contributed by atoms with E-state index in [1.807, 2.05) is 6.20 Å². The van der Waals surface area contributed by atoms with Gasteiger partial charge in [0.05, 0.1) is 33.6 Å². The Kier molecular flexibility index (Phi) is 6.65. The number of pyridine rings is 2. The van der Waals surface area contributed by atoms with Gasteiger partial charge in [-0.25, -0.2) is 4.52 Å². The van der Waals surface area contributed by atoms with E-state index in [2.05, 4.69) is 44.4 Å². The molecule has 0 unspecified atom stereocenters. The third kappa shape index (κ3) is 5.18. The molecule has 4 aromatic rings. The van der Waals surface area contributed by atoms with E-state index in [1.54, 1.807) is 29.8 Å². The van der Waals surface area contributed by atoms with Crippen molar-refractivity contribution in [2.45, 2.75) is 39.2 Å². The van der Waals surface area contributed by atoms with E-state index in [0.717, 1.165) is 30.0 Å². The number of anilines is 1. The highest BCUT2D eigenvalue weighted by molar-refractivity contribution is 7.21. The molecule has 0 saturated carbocycles. The Bertz CT molecular complexity index is 1510. The van der Waals surface area contributed by atoms with Crippen LogP contribution in [0.2, 0.25) is 0 Å². The zero-order chi connectivity index (χ0) is 26.2. The van der Waals surface area contributed by atoms with Crippen LogP contribution in [0.5, 0.6) is 0 Å². The van der Waals surface area contributed by atoms with E-state index in [1.165, 1.54) is 36.2 Å². The number of amides is 2. The molecular formula is C26H29N7O3S. The summed E-state index contributed by atoms with van der Waals surface area (Å²) in [5, 5.41) is 10.2. The van der Waals surface area contributed by atoms with Crippen molar-refractivity contribution >= 4 is 33.7 Å². The van der Waals surface area contributed by atoms with Gasteiger partial charge in [-0.3, -0.25) is 24.3 Å². The minimum Gasteiger partial charge on any atom is -0.351 e. The number of nitrogens with zero attached hydrogens (tertiary/aromatic N) is 4. The maximum Gasteiger partial charge on any atom is 0.260 e. The van der Waals surface area contributed by atoms with E-state index in [4.69, 9.17) is 0 Å². The number of fused-ring (bicyclic) bond motifs is 1. The van der Waals surface area contributed by atoms with Crippen molar-refractivity contribution in [3.63, 3.8) is 0 Å². The highest BCUT2D eigenvalue weighted by Crippen LogP contribution is 2.30. The molecule has 2 amide bonds. The zero-order valence-electron chi connectivity index (χ0n) is 21.0. The van der Waals surface area contributed by atoms with Crippen molar-refractivity contribution < 1.29 is 9.59 Å². The molecule has 37 heavy (non-hydrogen) atoms. The summed E-state index contributed by atoms with van der Waals surface area (Å²) in [4.78, 5) is 48.2. The van der Waals surface area contributed by atoms with Gasteiger partial charge < -0.3 is 15.6 Å². The minimum atomic E-state index is -0.344. The Hall–Kier alpha value is -3.83. The van der Waals surface area contributed by atoms with E-state index in [9.17, 15) is 14.4 Å². The summed E-state index contributed by atoms with van der Waals surface area (Å²) >= 11 is 1.39. The van der Waals surface area contributed by atoms with Gasteiger partial charge in [0, 0.05) is 48.8 Å². The predicted molar refractivity (Wildman–Crippen MR) is 143 cm³/mol. The third-order valence-corrected chi connectivity index (χ3v) is 8.01. The number of nitrogens with one attached hydrogen (secondary N) is 3. The highest BCUT2D eigenvalue weighted by Gasteiger charge is 2.31. The first-order valence-electron chi connectivity index (χ1n) is 12.2. The number of likely N-dealkylation sites (tertiary alicyclic amines) is 1. The quantitative estimate of drug-likeness (QED) is 0.344. The molecule has 5 rings (SSSR count). The number of aromatic amines is 1. The number of thiazole rings is 1. The van der Waals surface area contributed by atoms with Crippen LogP contribution >= 0.6 is 11.3 Å². The number of hydrogen-bond donors (Lipinski definition) is 3. The van der Waals surface area contributed by atoms with E-state index in [0.29, 0.717) is 33.9 Å². The fourth-order valence-corrected chi connectivity index (χ4v) is 5.65. The molecular weight excluding hydrogens is 490 g/mol. The fourth-order valence-electron chi connectivity index (χ4n) is 4.60. The standard InChI is InChI=1S/C26H29N7O3S/c1-16-20(11-18(13-28-16)23(35)27-8-10-32-9-4-7-26(32,2)3)31-24(36)19-14-30-33-15-21(37-25(19)33)17-5-6-22(34)29-12-17/h5-6,11-15H,4,7-10H2,1-3H3,(H,27,35)(H,29,34)(H,31,36). The van der Waals surface area contributed by atoms with Gasteiger partial charge in [-0.15, -0.1) is 11.3 Å². The molecule has 0 radical (unpaired) electrons. The molecule has 3 N–H and O–H groups in total. The summed E-state index contributed by atoms with van der Waals surface area (Å²) in [7, 11) is 0. The van der Waals surface area contributed by atoms with E-state index < -0.39 is 0 Å². The molecule has 192 valence electrons. The number of H-pyrrole nitrogens is 1. The second kappa shape index (κ2) is 9.91.